The van der Waals surface area contributed by atoms with E-state index in [4.69, 9.17) is 0 Å². The van der Waals surface area contributed by atoms with Gasteiger partial charge < -0.3 is 4.90 Å². The van der Waals surface area contributed by atoms with E-state index in [1.54, 1.807) is 34.9 Å². The van der Waals surface area contributed by atoms with Crippen LogP contribution in [0.15, 0.2) is 52.2 Å². The molecular weight excluding hydrogens is 406 g/mol. The molecule has 2 heterocycles. The van der Waals surface area contributed by atoms with Crippen molar-refractivity contribution in [1.82, 2.24) is 4.57 Å². The number of nitrogens with zero attached hydrogens (tertiary/aromatic N) is 2. The van der Waals surface area contributed by atoms with Crippen LogP contribution in [-0.4, -0.2) is 26.1 Å². The third kappa shape index (κ3) is 4.04. The van der Waals surface area contributed by atoms with Crippen molar-refractivity contribution in [1.29, 1.82) is 0 Å². The molecule has 2 aromatic carbocycles. The summed E-state index contributed by atoms with van der Waals surface area (Å²) in [6, 6.07) is 12.4. The smallest absolute Gasteiger partial charge is 0.308 e. The van der Waals surface area contributed by atoms with Gasteiger partial charge in [0.1, 0.15) is 0 Å². The van der Waals surface area contributed by atoms with E-state index >= 15 is 0 Å². The lowest BCUT2D eigenvalue weighted by molar-refractivity contribution is 0.578. The molecule has 8 heteroatoms. The van der Waals surface area contributed by atoms with Crippen LogP contribution in [-0.2, 0) is 10.0 Å². The Bertz CT molecular complexity index is 1170. The van der Waals surface area contributed by atoms with Crippen molar-refractivity contribution in [3.05, 3.63) is 52.1 Å². The van der Waals surface area contributed by atoms with Crippen molar-refractivity contribution in [3.8, 4) is 0 Å². The minimum Gasteiger partial charge on any atom is -0.372 e. The molecule has 1 aromatic heterocycles. The molecule has 1 fully saturated rings. The molecule has 0 amide bonds. The van der Waals surface area contributed by atoms with Gasteiger partial charge in [-0.2, -0.15) is 0 Å². The van der Waals surface area contributed by atoms with E-state index in [-0.39, 0.29) is 15.8 Å². The minimum absolute atomic E-state index is 0.0234. The molecule has 154 valence electrons. The highest BCUT2D eigenvalue weighted by molar-refractivity contribution is 7.92. The van der Waals surface area contributed by atoms with Gasteiger partial charge in [-0.25, -0.2) is 8.42 Å². The number of anilines is 2. The van der Waals surface area contributed by atoms with Crippen LogP contribution in [0, 0.1) is 0 Å². The van der Waals surface area contributed by atoms with E-state index in [0.717, 1.165) is 35.6 Å². The summed E-state index contributed by atoms with van der Waals surface area (Å²) in [5, 5.41) is 0. The molecular formula is C21H25N3O3S2. The van der Waals surface area contributed by atoms with Gasteiger partial charge in [0.15, 0.2) is 0 Å². The van der Waals surface area contributed by atoms with Gasteiger partial charge in [0.05, 0.1) is 15.1 Å². The highest BCUT2D eigenvalue weighted by Crippen LogP contribution is 2.26. The molecule has 4 rings (SSSR count). The Morgan fingerprint density at radius 2 is 1.69 bits per heavy atom. The molecule has 1 aliphatic rings. The molecule has 1 aliphatic heterocycles. The van der Waals surface area contributed by atoms with E-state index in [2.05, 4.69) is 9.62 Å². The number of nitrogens with one attached hydrogen (secondary N) is 1. The lowest BCUT2D eigenvalue weighted by atomic mass is 10.1. The minimum atomic E-state index is -3.73. The lowest BCUT2D eigenvalue weighted by Crippen LogP contribution is -2.29. The van der Waals surface area contributed by atoms with E-state index in [1.807, 2.05) is 26.0 Å². The fraction of sp³-hybridized carbons (Fsp3) is 0.381. The lowest BCUT2D eigenvalue weighted by Gasteiger charge is -2.28. The van der Waals surface area contributed by atoms with Crippen LogP contribution in [0.4, 0.5) is 11.4 Å². The second-order valence-electron chi connectivity index (χ2n) is 7.66. The Balaban J connectivity index is 1.57. The van der Waals surface area contributed by atoms with Gasteiger partial charge in [0.2, 0.25) is 0 Å². The molecule has 0 radical (unpaired) electrons. The SMILES string of the molecule is CC(C)n1c(=O)sc2cc(S(=O)(=O)Nc3ccc(N4CCCCC4)cc3)ccc21. The van der Waals surface area contributed by atoms with Crippen LogP contribution in [0.2, 0.25) is 0 Å². The zero-order valence-corrected chi connectivity index (χ0v) is 18.2. The highest BCUT2D eigenvalue weighted by atomic mass is 32.2. The van der Waals surface area contributed by atoms with Crippen molar-refractivity contribution < 1.29 is 8.42 Å². The first-order chi connectivity index (χ1) is 13.8. The van der Waals surface area contributed by atoms with Crippen molar-refractivity contribution >= 4 is 43.0 Å². The zero-order chi connectivity index (χ0) is 20.6. The number of hydrogen-bond donors (Lipinski definition) is 1. The normalized spacial score (nSPS) is 15.2. The maximum absolute atomic E-state index is 12.9. The van der Waals surface area contributed by atoms with Gasteiger partial charge in [-0.15, -0.1) is 0 Å². The fourth-order valence-electron chi connectivity index (χ4n) is 3.78. The van der Waals surface area contributed by atoms with Gasteiger partial charge in [-0.1, -0.05) is 11.3 Å². The van der Waals surface area contributed by atoms with Crippen LogP contribution in [0.3, 0.4) is 0 Å². The maximum atomic E-state index is 12.9. The van der Waals surface area contributed by atoms with Gasteiger partial charge >= 0.3 is 4.87 Å². The average molecular weight is 432 g/mol. The zero-order valence-electron chi connectivity index (χ0n) is 16.6. The van der Waals surface area contributed by atoms with Gasteiger partial charge in [-0.05, 0) is 75.6 Å². The molecule has 6 nitrogen and oxygen atoms in total. The molecule has 0 spiro atoms. The second-order valence-corrected chi connectivity index (χ2v) is 10.3. The Labute approximate surface area is 174 Å². The first-order valence-electron chi connectivity index (χ1n) is 9.88. The molecule has 1 saturated heterocycles. The summed E-state index contributed by atoms with van der Waals surface area (Å²) in [7, 11) is -3.73. The second kappa shape index (κ2) is 7.84. The first-order valence-corrected chi connectivity index (χ1v) is 12.2. The average Bonchev–Trinajstić information content (AvgIpc) is 3.04. The van der Waals surface area contributed by atoms with Crippen molar-refractivity contribution in [3.63, 3.8) is 0 Å². The Morgan fingerprint density at radius 3 is 2.34 bits per heavy atom. The Morgan fingerprint density at radius 1 is 1.00 bits per heavy atom. The molecule has 0 aliphatic carbocycles. The number of hydrogen-bond acceptors (Lipinski definition) is 5. The van der Waals surface area contributed by atoms with Crippen LogP contribution in [0.25, 0.3) is 10.2 Å². The van der Waals surface area contributed by atoms with Gasteiger partial charge in [0, 0.05) is 30.5 Å². The van der Waals surface area contributed by atoms with Crippen LogP contribution < -0.4 is 14.5 Å². The summed E-state index contributed by atoms with van der Waals surface area (Å²) in [5.74, 6) is 0. The number of fused-ring (bicyclic) bond motifs is 1. The van der Waals surface area contributed by atoms with Gasteiger partial charge in [-0.3, -0.25) is 14.1 Å². The van der Waals surface area contributed by atoms with Crippen LogP contribution >= 0.6 is 11.3 Å². The maximum Gasteiger partial charge on any atom is 0.308 e. The summed E-state index contributed by atoms with van der Waals surface area (Å²) in [5.41, 5.74) is 2.41. The largest absolute Gasteiger partial charge is 0.372 e. The van der Waals surface area contributed by atoms with E-state index in [9.17, 15) is 13.2 Å². The first kappa shape index (κ1) is 20.0. The van der Waals surface area contributed by atoms with Crippen LogP contribution in [0.5, 0.6) is 0 Å². The van der Waals surface area contributed by atoms with Crippen LogP contribution in [0.1, 0.15) is 39.2 Å². The number of aromatic nitrogens is 1. The summed E-state index contributed by atoms with van der Waals surface area (Å²) in [6.45, 7) is 5.97. The molecule has 1 N–H and O–H groups in total. The molecule has 3 aromatic rings. The molecule has 0 saturated carbocycles. The van der Waals surface area contributed by atoms with Crippen molar-refractivity contribution in [2.45, 2.75) is 44.0 Å². The summed E-state index contributed by atoms with van der Waals surface area (Å²) < 4.78 is 30.7. The number of piperidine rings is 1. The standard InChI is InChI=1S/C21H25N3O3S2/c1-15(2)24-19-11-10-18(14-20(19)28-21(24)25)29(26,27)22-16-6-8-17(9-7-16)23-12-4-3-5-13-23/h6-11,14-15,22H,3-5,12-13H2,1-2H3. The molecule has 0 atom stereocenters. The topological polar surface area (TPSA) is 71.4 Å². The summed E-state index contributed by atoms with van der Waals surface area (Å²) >= 11 is 1.07. The third-order valence-corrected chi connectivity index (χ3v) is 7.55. The molecule has 0 unspecified atom stereocenters. The number of benzene rings is 2. The monoisotopic (exact) mass is 431 g/mol. The summed E-state index contributed by atoms with van der Waals surface area (Å²) in [4.78, 5) is 14.6. The fourth-order valence-corrected chi connectivity index (χ4v) is 5.99. The van der Waals surface area contributed by atoms with Gasteiger partial charge in [0.25, 0.3) is 10.0 Å². The van der Waals surface area contributed by atoms with E-state index in [0.29, 0.717) is 10.4 Å². The quantitative estimate of drug-likeness (QED) is 0.648. The number of sulfonamides is 1. The third-order valence-electron chi connectivity index (χ3n) is 5.25. The highest BCUT2D eigenvalue weighted by Gasteiger charge is 2.18. The van der Waals surface area contributed by atoms with E-state index < -0.39 is 10.0 Å². The predicted molar refractivity (Wildman–Crippen MR) is 120 cm³/mol. The number of thiazole rings is 1. The van der Waals surface area contributed by atoms with E-state index in [1.165, 1.54) is 19.3 Å². The van der Waals surface area contributed by atoms with Crippen molar-refractivity contribution in [2.24, 2.45) is 0 Å². The molecule has 29 heavy (non-hydrogen) atoms. The molecule has 0 bridgehead atoms. The Hall–Kier alpha value is -2.32. The number of rotatable bonds is 5. The predicted octanol–water partition coefficient (Wildman–Crippen LogP) is 4.44. The van der Waals surface area contributed by atoms with Crippen molar-refractivity contribution in [2.75, 3.05) is 22.7 Å². The summed E-state index contributed by atoms with van der Waals surface area (Å²) in [6.07, 6.45) is 3.66. The Kier molecular flexibility index (Phi) is 5.40.